The lowest BCUT2D eigenvalue weighted by Crippen LogP contribution is -2.57. The Kier molecular flexibility index (Phi) is 6.63. The highest BCUT2D eigenvalue weighted by Gasteiger charge is 2.37. The van der Waals surface area contributed by atoms with Crippen molar-refractivity contribution in [3.63, 3.8) is 0 Å². The minimum atomic E-state index is -3.56. The lowest BCUT2D eigenvalue weighted by molar-refractivity contribution is -0.0457. The summed E-state index contributed by atoms with van der Waals surface area (Å²) in [6.07, 6.45) is 1.70. The minimum absolute atomic E-state index is 0.0330. The molecule has 2 aliphatic heterocycles. The number of hydrogen-bond donors (Lipinski definition) is 0. The van der Waals surface area contributed by atoms with Crippen molar-refractivity contribution in [3.05, 3.63) is 36.0 Å². The first kappa shape index (κ1) is 23.2. The highest BCUT2D eigenvalue weighted by atomic mass is 32.2. The number of carbonyl (C=O) groups is 1. The molecule has 0 radical (unpaired) electrons. The number of morpholine rings is 1. The van der Waals surface area contributed by atoms with Crippen LogP contribution in [0.1, 0.15) is 38.1 Å². The van der Waals surface area contributed by atoms with E-state index in [0.717, 1.165) is 17.4 Å². The molecular formula is C23H34N4O4S. The van der Waals surface area contributed by atoms with Crippen molar-refractivity contribution in [2.24, 2.45) is 5.92 Å². The van der Waals surface area contributed by atoms with Crippen LogP contribution in [-0.2, 0) is 21.5 Å². The first-order valence-corrected chi connectivity index (χ1v) is 12.8. The normalized spacial score (nSPS) is 23.8. The van der Waals surface area contributed by atoms with Crippen LogP contribution in [0.25, 0.3) is 10.9 Å². The molecule has 4 rings (SSSR count). The molecule has 1 amide bonds. The summed E-state index contributed by atoms with van der Waals surface area (Å²) in [5, 5.41) is 0.949. The minimum Gasteiger partial charge on any atom is -0.373 e. The van der Waals surface area contributed by atoms with Gasteiger partial charge in [0.25, 0.3) is 16.1 Å². The van der Waals surface area contributed by atoms with Gasteiger partial charge in [-0.1, -0.05) is 32.0 Å². The molecule has 1 aromatic carbocycles. The van der Waals surface area contributed by atoms with Crippen LogP contribution in [0.4, 0.5) is 0 Å². The van der Waals surface area contributed by atoms with Crippen LogP contribution in [0.5, 0.6) is 0 Å². The number of hydrogen-bond acceptors (Lipinski definition) is 4. The van der Waals surface area contributed by atoms with Crippen molar-refractivity contribution >= 4 is 27.0 Å². The number of amides is 1. The Bertz CT molecular complexity index is 1060. The van der Waals surface area contributed by atoms with Gasteiger partial charge in [-0.05, 0) is 25.8 Å². The molecule has 2 aliphatic rings. The molecule has 9 heteroatoms. The molecular weight excluding hydrogens is 428 g/mol. The summed E-state index contributed by atoms with van der Waals surface area (Å²) in [6.45, 7) is 11.1. The average Bonchev–Trinajstić information content (AvgIpc) is 3.10. The van der Waals surface area contributed by atoms with Gasteiger partial charge in [0.2, 0.25) is 0 Å². The second-order valence-corrected chi connectivity index (χ2v) is 11.3. The summed E-state index contributed by atoms with van der Waals surface area (Å²) < 4.78 is 37.1. The van der Waals surface area contributed by atoms with E-state index in [4.69, 9.17) is 4.74 Å². The van der Waals surface area contributed by atoms with Crippen LogP contribution in [0.15, 0.2) is 30.5 Å². The predicted octanol–water partition coefficient (Wildman–Crippen LogP) is 2.41. The highest BCUT2D eigenvalue weighted by molar-refractivity contribution is 7.86. The number of rotatable bonds is 5. The van der Waals surface area contributed by atoms with Gasteiger partial charge in [0.15, 0.2) is 0 Å². The van der Waals surface area contributed by atoms with E-state index in [-0.39, 0.29) is 18.1 Å². The summed E-state index contributed by atoms with van der Waals surface area (Å²) in [5.74, 6) is 0.433. The summed E-state index contributed by atoms with van der Waals surface area (Å²) in [5.41, 5.74) is 1.75. The number of piperazine rings is 1. The van der Waals surface area contributed by atoms with Crippen molar-refractivity contribution in [2.45, 2.75) is 46.4 Å². The second-order valence-electron chi connectivity index (χ2n) is 9.38. The van der Waals surface area contributed by atoms with Crippen LogP contribution in [0.2, 0.25) is 0 Å². The van der Waals surface area contributed by atoms with Crippen molar-refractivity contribution < 1.29 is 17.9 Å². The Morgan fingerprint density at radius 2 is 1.66 bits per heavy atom. The third-order valence-electron chi connectivity index (χ3n) is 6.15. The Labute approximate surface area is 190 Å². The zero-order valence-corrected chi connectivity index (χ0v) is 20.2. The van der Waals surface area contributed by atoms with E-state index < -0.39 is 10.2 Å². The van der Waals surface area contributed by atoms with E-state index in [0.29, 0.717) is 50.7 Å². The van der Waals surface area contributed by atoms with Crippen LogP contribution < -0.4 is 0 Å². The molecule has 0 saturated carbocycles. The van der Waals surface area contributed by atoms with E-state index in [2.05, 4.69) is 18.4 Å². The van der Waals surface area contributed by atoms with E-state index in [1.807, 2.05) is 44.3 Å². The molecule has 8 nitrogen and oxygen atoms in total. The van der Waals surface area contributed by atoms with Crippen LogP contribution in [0.3, 0.4) is 0 Å². The van der Waals surface area contributed by atoms with E-state index in [1.54, 1.807) is 4.90 Å². The largest absolute Gasteiger partial charge is 0.373 e. The first-order valence-electron chi connectivity index (χ1n) is 11.4. The number of nitrogens with zero attached hydrogens (tertiary/aromatic N) is 4. The van der Waals surface area contributed by atoms with E-state index in [9.17, 15) is 13.2 Å². The molecule has 3 heterocycles. The van der Waals surface area contributed by atoms with Gasteiger partial charge in [-0.15, -0.1) is 0 Å². The van der Waals surface area contributed by atoms with Crippen LogP contribution >= 0.6 is 0 Å². The summed E-state index contributed by atoms with van der Waals surface area (Å²) in [7, 11) is -3.56. The maximum atomic E-state index is 13.4. The fourth-order valence-corrected chi connectivity index (χ4v) is 6.48. The lowest BCUT2D eigenvalue weighted by atomic mass is 10.1. The van der Waals surface area contributed by atoms with Crippen LogP contribution in [-0.4, -0.2) is 83.9 Å². The third kappa shape index (κ3) is 4.57. The molecule has 0 N–H and O–H groups in total. The Hall–Kier alpha value is -1.94. The van der Waals surface area contributed by atoms with Gasteiger partial charge in [0.1, 0.15) is 0 Å². The number of para-hydroxylation sites is 1. The molecule has 2 fully saturated rings. The molecule has 2 saturated heterocycles. The monoisotopic (exact) mass is 462 g/mol. The van der Waals surface area contributed by atoms with E-state index >= 15 is 0 Å². The summed E-state index contributed by atoms with van der Waals surface area (Å²) >= 11 is 0. The molecule has 0 spiro atoms. The number of carbonyl (C=O) groups excluding carboxylic acids is 1. The van der Waals surface area contributed by atoms with Gasteiger partial charge >= 0.3 is 0 Å². The number of aromatic nitrogens is 1. The maximum absolute atomic E-state index is 13.4. The van der Waals surface area contributed by atoms with Gasteiger partial charge in [-0.3, -0.25) is 4.79 Å². The van der Waals surface area contributed by atoms with Crippen LogP contribution in [0, 0.1) is 5.92 Å². The Morgan fingerprint density at radius 1 is 1.03 bits per heavy atom. The van der Waals surface area contributed by atoms with E-state index in [1.165, 1.54) is 8.61 Å². The quantitative estimate of drug-likeness (QED) is 0.684. The number of ether oxygens (including phenoxy) is 1. The standard InChI is InChI=1S/C23H34N4O4S/c1-17(2)13-25-16-21(20-7-5-6-8-22(20)25)23(28)24-9-11-26(12-10-24)32(29,30)27-14-18(3)31-19(4)15-27/h5-8,16-19H,9-15H2,1-4H3. The molecule has 0 bridgehead atoms. The molecule has 2 unspecified atom stereocenters. The summed E-state index contributed by atoms with van der Waals surface area (Å²) in [6, 6.07) is 7.97. The molecule has 2 aromatic rings. The SMILES string of the molecule is CC(C)Cn1cc(C(=O)N2CCN(S(=O)(=O)N3CC(C)OC(C)C3)CC2)c2ccccc21. The summed E-state index contributed by atoms with van der Waals surface area (Å²) in [4.78, 5) is 15.2. The van der Waals surface area contributed by atoms with Gasteiger partial charge < -0.3 is 14.2 Å². The molecule has 1 aromatic heterocycles. The second kappa shape index (κ2) is 9.13. The fourth-order valence-electron chi connectivity index (χ4n) is 4.74. The van der Waals surface area contributed by atoms with Crippen molar-refractivity contribution in [1.82, 2.24) is 18.1 Å². The lowest BCUT2D eigenvalue weighted by Gasteiger charge is -2.40. The maximum Gasteiger partial charge on any atom is 0.282 e. The van der Waals surface area contributed by atoms with Gasteiger partial charge in [0.05, 0.1) is 17.8 Å². The smallest absolute Gasteiger partial charge is 0.282 e. The molecule has 176 valence electrons. The van der Waals surface area contributed by atoms with Gasteiger partial charge in [-0.25, -0.2) is 0 Å². The average molecular weight is 463 g/mol. The van der Waals surface area contributed by atoms with Gasteiger partial charge in [0, 0.05) is 62.9 Å². The Morgan fingerprint density at radius 3 is 2.28 bits per heavy atom. The third-order valence-corrected chi connectivity index (χ3v) is 8.11. The molecule has 32 heavy (non-hydrogen) atoms. The van der Waals surface area contributed by atoms with Crippen molar-refractivity contribution in [2.75, 3.05) is 39.3 Å². The highest BCUT2D eigenvalue weighted by Crippen LogP contribution is 2.25. The molecule has 0 aliphatic carbocycles. The first-order chi connectivity index (χ1) is 15.2. The predicted molar refractivity (Wildman–Crippen MR) is 125 cm³/mol. The number of benzene rings is 1. The zero-order chi connectivity index (χ0) is 23.0. The van der Waals surface area contributed by atoms with Gasteiger partial charge in [-0.2, -0.15) is 17.0 Å². The topological polar surface area (TPSA) is 75.1 Å². The Balaban J connectivity index is 1.47. The van der Waals surface area contributed by atoms with Crippen molar-refractivity contribution in [1.29, 1.82) is 0 Å². The zero-order valence-electron chi connectivity index (χ0n) is 19.4. The fraction of sp³-hybridized carbons (Fsp3) is 0.609. The number of fused-ring (bicyclic) bond motifs is 1. The van der Waals surface area contributed by atoms with Crippen molar-refractivity contribution in [3.8, 4) is 0 Å². The molecule has 2 atom stereocenters.